The van der Waals surface area contributed by atoms with Crippen LogP contribution in [-0.4, -0.2) is 55.2 Å². The number of likely N-dealkylation sites (tertiary alicyclic amines) is 1. The van der Waals surface area contributed by atoms with Crippen molar-refractivity contribution in [1.82, 2.24) is 10.2 Å². The van der Waals surface area contributed by atoms with Crippen molar-refractivity contribution in [1.29, 1.82) is 0 Å². The predicted octanol–water partition coefficient (Wildman–Crippen LogP) is 1.03. The number of aliphatic hydroxyl groups is 1. The monoisotopic (exact) mass is 334 g/mol. The summed E-state index contributed by atoms with van der Waals surface area (Å²) in [5.41, 5.74) is 2.05. The first-order valence-corrected chi connectivity index (χ1v) is 8.32. The van der Waals surface area contributed by atoms with Gasteiger partial charge in [-0.05, 0) is 24.5 Å². The van der Waals surface area contributed by atoms with Crippen LogP contribution in [0.4, 0.5) is 0 Å². The topological polar surface area (TPSA) is 78.9 Å². The van der Waals surface area contributed by atoms with Gasteiger partial charge in [-0.1, -0.05) is 24.3 Å². The molecule has 1 aromatic rings. The zero-order valence-corrected chi connectivity index (χ0v) is 14.3. The van der Waals surface area contributed by atoms with Crippen LogP contribution >= 0.6 is 0 Å². The van der Waals surface area contributed by atoms with E-state index in [-0.39, 0.29) is 36.9 Å². The van der Waals surface area contributed by atoms with E-state index in [1.807, 2.05) is 31.2 Å². The molecule has 0 bridgehead atoms. The van der Waals surface area contributed by atoms with Crippen LogP contribution < -0.4 is 5.32 Å². The summed E-state index contributed by atoms with van der Waals surface area (Å²) in [5.74, 6) is -0.397. The van der Waals surface area contributed by atoms with Crippen LogP contribution in [0.2, 0.25) is 0 Å². The van der Waals surface area contributed by atoms with E-state index in [0.717, 1.165) is 11.1 Å². The summed E-state index contributed by atoms with van der Waals surface area (Å²) in [7, 11) is 1.60. The van der Waals surface area contributed by atoms with Crippen LogP contribution in [0, 0.1) is 12.8 Å². The molecular weight excluding hydrogens is 308 g/mol. The van der Waals surface area contributed by atoms with Gasteiger partial charge in [-0.15, -0.1) is 0 Å². The van der Waals surface area contributed by atoms with E-state index >= 15 is 0 Å². The van der Waals surface area contributed by atoms with Crippen LogP contribution in [0.5, 0.6) is 0 Å². The fourth-order valence-corrected chi connectivity index (χ4v) is 3.29. The molecule has 1 fully saturated rings. The lowest BCUT2D eigenvalue weighted by molar-refractivity contribution is -0.144. The van der Waals surface area contributed by atoms with Crippen LogP contribution in [0.3, 0.4) is 0 Å². The summed E-state index contributed by atoms with van der Waals surface area (Å²) in [4.78, 5) is 26.8. The second-order valence-corrected chi connectivity index (χ2v) is 6.04. The number of rotatable bonds is 7. The van der Waals surface area contributed by atoms with Crippen molar-refractivity contribution in [3.63, 3.8) is 0 Å². The number of nitrogens with one attached hydrogen (secondary N) is 1. The molecule has 0 aliphatic carbocycles. The fourth-order valence-electron chi connectivity index (χ4n) is 3.29. The number of ether oxygens (including phenoxy) is 1. The van der Waals surface area contributed by atoms with E-state index in [9.17, 15) is 9.59 Å². The number of hydrogen-bond donors (Lipinski definition) is 2. The lowest BCUT2D eigenvalue weighted by atomic mass is 9.82. The summed E-state index contributed by atoms with van der Waals surface area (Å²) < 4.78 is 5.14. The van der Waals surface area contributed by atoms with Crippen LogP contribution in [0.15, 0.2) is 24.3 Å². The van der Waals surface area contributed by atoms with Gasteiger partial charge >= 0.3 is 0 Å². The number of methoxy groups -OCH3 is 1. The molecule has 24 heavy (non-hydrogen) atoms. The number of aryl methyl sites for hydroxylation is 1. The van der Waals surface area contributed by atoms with Crippen molar-refractivity contribution in [3.8, 4) is 0 Å². The second-order valence-electron chi connectivity index (χ2n) is 6.04. The van der Waals surface area contributed by atoms with Crippen molar-refractivity contribution in [3.05, 3.63) is 35.4 Å². The minimum Gasteiger partial charge on any atom is -0.395 e. The molecule has 0 aromatic heterocycles. The van der Waals surface area contributed by atoms with E-state index in [0.29, 0.717) is 26.0 Å². The first kappa shape index (κ1) is 18.4. The minimum atomic E-state index is -0.327. The molecule has 1 heterocycles. The standard InChI is InChI=1S/C18H26N2O4/c1-13-5-3-4-6-14(13)17-15(18(23)19-9-11-21)7-8-16(22)20(17)10-12-24-2/h3-6,15,17,21H,7-12H2,1-2H3,(H,19,23)/t15-,17+/m1/s1. The fraction of sp³-hybridized carbons (Fsp3) is 0.556. The van der Waals surface area contributed by atoms with Crippen molar-refractivity contribution < 1.29 is 19.4 Å². The zero-order valence-electron chi connectivity index (χ0n) is 14.3. The molecule has 0 spiro atoms. The molecule has 2 amide bonds. The van der Waals surface area contributed by atoms with Crippen LogP contribution in [0.25, 0.3) is 0 Å². The van der Waals surface area contributed by atoms with Gasteiger partial charge in [-0.25, -0.2) is 0 Å². The average Bonchev–Trinajstić information content (AvgIpc) is 2.59. The zero-order chi connectivity index (χ0) is 17.5. The van der Waals surface area contributed by atoms with Gasteiger partial charge in [0.05, 0.1) is 25.2 Å². The number of aliphatic hydroxyl groups excluding tert-OH is 1. The largest absolute Gasteiger partial charge is 0.395 e. The van der Waals surface area contributed by atoms with E-state index in [1.54, 1.807) is 12.0 Å². The van der Waals surface area contributed by atoms with Gasteiger partial charge in [0.15, 0.2) is 0 Å². The van der Waals surface area contributed by atoms with E-state index < -0.39 is 0 Å². The maximum absolute atomic E-state index is 12.6. The first-order chi connectivity index (χ1) is 11.6. The smallest absolute Gasteiger partial charge is 0.225 e. The minimum absolute atomic E-state index is 0.0477. The van der Waals surface area contributed by atoms with Gasteiger partial charge in [-0.2, -0.15) is 0 Å². The summed E-state index contributed by atoms with van der Waals surface area (Å²) >= 11 is 0. The van der Waals surface area contributed by atoms with Crippen LogP contribution in [-0.2, 0) is 14.3 Å². The van der Waals surface area contributed by atoms with E-state index in [1.165, 1.54) is 0 Å². The Bertz CT molecular complexity index is 576. The SMILES string of the molecule is COCCN1C(=O)CC[C@@H](C(=O)NCCO)[C@@H]1c1ccccc1C. The number of benzene rings is 1. The molecule has 132 valence electrons. The Kier molecular flexibility index (Phi) is 6.75. The van der Waals surface area contributed by atoms with Crippen molar-refractivity contribution in [2.75, 3.05) is 33.4 Å². The van der Waals surface area contributed by atoms with Gasteiger partial charge in [0, 0.05) is 26.6 Å². The number of hydrogen-bond acceptors (Lipinski definition) is 4. The number of piperidine rings is 1. The summed E-state index contributed by atoms with van der Waals surface area (Å²) in [6, 6.07) is 7.54. The average molecular weight is 334 g/mol. The van der Waals surface area contributed by atoms with E-state index in [2.05, 4.69) is 5.32 Å². The Hall–Kier alpha value is -1.92. The highest BCUT2D eigenvalue weighted by atomic mass is 16.5. The molecule has 0 saturated carbocycles. The molecule has 1 aromatic carbocycles. The maximum atomic E-state index is 12.6. The van der Waals surface area contributed by atoms with Gasteiger partial charge in [0.2, 0.25) is 11.8 Å². The molecule has 1 aliphatic rings. The third-order valence-corrected chi connectivity index (χ3v) is 4.50. The normalized spacial score (nSPS) is 21.0. The Balaban J connectivity index is 2.36. The third-order valence-electron chi connectivity index (χ3n) is 4.50. The summed E-state index contributed by atoms with van der Waals surface area (Å²) in [6.07, 6.45) is 0.863. The quantitative estimate of drug-likeness (QED) is 0.781. The lowest BCUT2D eigenvalue weighted by Crippen LogP contribution is -2.49. The third kappa shape index (κ3) is 4.13. The van der Waals surface area contributed by atoms with Crippen molar-refractivity contribution in [2.45, 2.75) is 25.8 Å². The molecule has 0 radical (unpaired) electrons. The highest BCUT2D eigenvalue weighted by molar-refractivity contribution is 5.85. The van der Waals surface area contributed by atoms with Crippen LogP contribution in [0.1, 0.15) is 30.0 Å². The Labute approximate surface area is 142 Å². The summed E-state index contributed by atoms with van der Waals surface area (Å²) in [5, 5.41) is 11.7. The summed E-state index contributed by atoms with van der Waals surface area (Å²) in [6.45, 7) is 3.00. The first-order valence-electron chi connectivity index (χ1n) is 8.32. The maximum Gasteiger partial charge on any atom is 0.225 e. The van der Waals surface area contributed by atoms with Crippen molar-refractivity contribution in [2.24, 2.45) is 5.92 Å². The van der Waals surface area contributed by atoms with Crippen molar-refractivity contribution >= 4 is 11.8 Å². The molecule has 2 rings (SSSR count). The number of amides is 2. The molecule has 1 aliphatic heterocycles. The number of nitrogens with zero attached hydrogens (tertiary/aromatic N) is 1. The molecule has 2 N–H and O–H groups in total. The Morgan fingerprint density at radius 1 is 1.42 bits per heavy atom. The van der Waals surface area contributed by atoms with Gasteiger partial charge in [0.25, 0.3) is 0 Å². The second kappa shape index (κ2) is 8.80. The number of carbonyl (C=O) groups is 2. The Morgan fingerprint density at radius 3 is 2.83 bits per heavy atom. The Morgan fingerprint density at radius 2 is 2.17 bits per heavy atom. The molecule has 0 unspecified atom stereocenters. The molecule has 6 nitrogen and oxygen atoms in total. The number of carbonyl (C=O) groups excluding carboxylic acids is 2. The van der Waals surface area contributed by atoms with Gasteiger partial charge in [0.1, 0.15) is 0 Å². The highest BCUT2D eigenvalue weighted by Crippen LogP contribution is 2.38. The molecular formula is C18H26N2O4. The van der Waals surface area contributed by atoms with E-state index in [4.69, 9.17) is 9.84 Å². The predicted molar refractivity (Wildman–Crippen MR) is 90.3 cm³/mol. The molecule has 1 saturated heterocycles. The van der Waals surface area contributed by atoms with Gasteiger partial charge in [-0.3, -0.25) is 9.59 Å². The molecule has 6 heteroatoms. The molecule has 2 atom stereocenters. The highest BCUT2D eigenvalue weighted by Gasteiger charge is 2.40. The van der Waals surface area contributed by atoms with Gasteiger partial charge < -0.3 is 20.1 Å². The lowest BCUT2D eigenvalue weighted by Gasteiger charge is -2.41.